The zero-order chi connectivity index (χ0) is 27.9. The number of aromatic nitrogens is 1. The molecule has 2 aromatic carbocycles. The summed E-state index contributed by atoms with van der Waals surface area (Å²) < 4.78 is 5.46. The van der Waals surface area contributed by atoms with Crippen molar-refractivity contribution in [1.82, 2.24) is 9.88 Å². The Morgan fingerprint density at radius 2 is 1.75 bits per heavy atom. The minimum absolute atomic E-state index is 0.0446. The van der Waals surface area contributed by atoms with Crippen LogP contribution >= 0.6 is 0 Å². The largest absolute Gasteiger partial charge is 0.445 e. The molecule has 0 spiro atoms. The fourth-order valence-electron chi connectivity index (χ4n) is 5.55. The number of amides is 1. The number of pyridine rings is 1. The summed E-state index contributed by atoms with van der Waals surface area (Å²) in [5, 5.41) is 4.10. The number of rotatable bonds is 9. The quantitative estimate of drug-likeness (QED) is 0.268. The maximum absolute atomic E-state index is 13.8. The zero-order valence-corrected chi connectivity index (χ0v) is 22.6. The number of piperidine rings is 1. The highest BCUT2D eigenvalue weighted by molar-refractivity contribution is 6.07. The lowest BCUT2D eigenvalue weighted by molar-refractivity contribution is -0.124. The van der Waals surface area contributed by atoms with Gasteiger partial charge in [0.1, 0.15) is 19.5 Å². The first kappa shape index (κ1) is 27.2. The number of likely N-dealkylation sites (tertiary alicyclic amines) is 1. The number of aryl methyl sites for hydroxylation is 1. The van der Waals surface area contributed by atoms with E-state index in [0.29, 0.717) is 31.5 Å². The van der Waals surface area contributed by atoms with Gasteiger partial charge in [-0.15, -0.1) is 0 Å². The molecule has 5 rings (SSSR count). The predicted molar refractivity (Wildman–Crippen MR) is 150 cm³/mol. The summed E-state index contributed by atoms with van der Waals surface area (Å²) in [6.45, 7) is 1.12. The number of carbonyl (C=O) groups is 3. The molecule has 1 amide bonds. The molecule has 1 aliphatic heterocycles. The lowest BCUT2D eigenvalue weighted by atomic mass is 9.81. The highest BCUT2D eigenvalue weighted by atomic mass is 16.6. The van der Waals surface area contributed by atoms with Crippen molar-refractivity contribution in [2.24, 2.45) is 11.1 Å². The molecule has 8 heteroatoms. The van der Waals surface area contributed by atoms with Crippen LogP contribution in [-0.4, -0.2) is 53.5 Å². The second-order valence-corrected chi connectivity index (χ2v) is 10.3. The molecule has 0 radical (unpaired) electrons. The van der Waals surface area contributed by atoms with Gasteiger partial charge in [0.25, 0.3) is 0 Å². The average Bonchev–Trinajstić information content (AvgIpc) is 3.41. The number of ketones is 2. The SMILES string of the molecule is CO/N=C1/CCc2cc(C(=O)C(CC(=O)C3CCN(C(=O)OCc4ccccc4)CC3)c3ccncc3)ccc21. The highest BCUT2D eigenvalue weighted by Crippen LogP contribution is 2.31. The predicted octanol–water partition coefficient (Wildman–Crippen LogP) is 5.35. The molecule has 2 heterocycles. The van der Waals surface area contributed by atoms with Crippen LogP contribution in [0.2, 0.25) is 0 Å². The van der Waals surface area contributed by atoms with Crippen LogP contribution < -0.4 is 0 Å². The topological polar surface area (TPSA) is 98.2 Å². The van der Waals surface area contributed by atoms with Crippen LogP contribution in [-0.2, 0) is 27.4 Å². The van der Waals surface area contributed by atoms with Crippen molar-refractivity contribution >= 4 is 23.4 Å². The molecular weight excluding hydrogens is 506 g/mol. The van der Waals surface area contributed by atoms with Gasteiger partial charge in [0, 0.05) is 48.9 Å². The standard InChI is InChI=1S/C32H33N3O5/c1-39-34-29-10-8-25-19-26(7-9-27(25)29)31(37)28(23-11-15-33-16-12-23)20-30(36)24-13-17-35(18-14-24)32(38)40-21-22-5-3-2-4-6-22/h2-7,9,11-12,15-16,19,24,28H,8,10,13-14,17-18,20-21H2,1H3/b34-29-. The van der Waals surface area contributed by atoms with Gasteiger partial charge in [-0.1, -0.05) is 47.6 Å². The molecular formula is C32H33N3O5. The lowest BCUT2D eigenvalue weighted by Gasteiger charge is -2.31. The normalized spacial score (nSPS) is 16.8. The van der Waals surface area contributed by atoms with Crippen LogP contribution in [0.3, 0.4) is 0 Å². The Bertz CT molecular complexity index is 1380. The number of carbonyl (C=O) groups excluding carboxylic acids is 3. The summed E-state index contributed by atoms with van der Waals surface area (Å²) in [5.74, 6) is -0.844. The van der Waals surface area contributed by atoms with Crippen LogP contribution in [0.5, 0.6) is 0 Å². The van der Waals surface area contributed by atoms with E-state index < -0.39 is 5.92 Å². The van der Waals surface area contributed by atoms with Gasteiger partial charge in [0.05, 0.1) is 11.6 Å². The van der Waals surface area contributed by atoms with Gasteiger partial charge in [-0.3, -0.25) is 14.6 Å². The fraction of sp³-hybridized carbons (Fsp3) is 0.344. The van der Waals surface area contributed by atoms with Crippen LogP contribution in [0, 0.1) is 5.92 Å². The number of oxime groups is 1. The Morgan fingerprint density at radius 3 is 2.48 bits per heavy atom. The van der Waals surface area contributed by atoms with Crippen molar-refractivity contribution in [2.75, 3.05) is 20.2 Å². The Kier molecular flexibility index (Phi) is 8.64. The Hall–Kier alpha value is -4.33. The number of ether oxygens (including phenoxy) is 1. The number of hydrogen-bond acceptors (Lipinski definition) is 7. The monoisotopic (exact) mass is 539 g/mol. The van der Waals surface area contributed by atoms with Gasteiger partial charge in [-0.05, 0) is 60.6 Å². The molecule has 206 valence electrons. The van der Waals surface area contributed by atoms with Crippen LogP contribution in [0.25, 0.3) is 0 Å². The van der Waals surface area contributed by atoms with Crippen molar-refractivity contribution in [3.63, 3.8) is 0 Å². The number of nitrogens with zero attached hydrogens (tertiary/aromatic N) is 3. The Labute approximate surface area is 234 Å². The van der Waals surface area contributed by atoms with Crippen molar-refractivity contribution < 1.29 is 24.0 Å². The van der Waals surface area contributed by atoms with Gasteiger partial charge < -0.3 is 14.5 Å². The van der Waals surface area contributed by atoms with Crippen molar-refractivity contribution in [3.8, 4) is 0 Å². The van der Waals surface area contributed by atoms with E-state index in [4.69, 9.17) is 9.57 Å². The molecule has 40 heavy (non-hydrogen) atoms. The van der Waals surface area contributed by atoms with Crippen molar-refractivity contribution in [3.05, 3.63) is 101 Å². The van der Waals surface area contributed by atoms with E-state index in [2.05, 4.69) is 10.1 Å². The van der Waals surface area contributed by atoms with Crippen LogP contribution in [0.4, 0.5) is 4.79 Å². The average molecular weight is 540 g/mol. The molecule has 1 atom stereocenters. The summed E-state index contributed by atoms with van der Waals surface area (Å²) in [4.78, 5) is 50.5. The Balaban J connectivity index is 1.23. The summed E-state index contributed by atoms with van der Waals surface area (Å²) in [6, 6.07) is 18.8. The number of fused-ring (bicyclic) bond motifs is 1. The van der Waals surface area contributed by atoms with Crippen molar-refractivity contribution in [2.45, 2.75) is 44.6 Å². The minimum Gasteiger partial charge on any atom is -0.445 e. The molecule has 1 unspecified atom stereocenters. The minimum atomic E-state index is -0.601. The van der Waals surface area contributed by atoms with Gasteiger partial charge in [0.15, 0.2) is 5.78 Å². The third-order valence-corrected chi connectivity index (χ3v) is 7.78. The van der Waals surface area contributed by atoms with E-state index >= 15 is 0 Å². The molecule has 1 aliphatic carbocycles. The number of Topliss-reactive ketones (excluding diaryl/α,β-unsaturated/α-hetero) is 2. The van der Waals surface area contributed by atoms with Gasteiger partial charge in [-0.2, -0.15) is 0 Å². The first-order valence-corrected chi connectivity index (χ1v) is 13.7. The maximum atomic E-state index is 13.8. The van der Waals surface area contributed by atoms with E-state index in [9.17, 15) is 14.4 Å². The van der Waals surface area contributed by atoms with E-state index in [1.54, 1.807) is 29.4 Å². The van der Waals surface area contributed by atoms with E-state index in [1.165, 1.54) is 7.11 Å². The molecule has 1 fully saturated rings. The summed E-state index contributed by atoms with van der Waals surface area (Å²) in [6.07, 6.45) is 5.71. The second kappa shape index (κ2) is 12.7. The summed E-state index contributed by atoms with van der Waals surface area (Å²) in [7, 11) is 1.53. The number of hydrogen-bond donors (Lipinski definition) is 0. The van der Waals surface area contributed by atoms with Crippen molar-refractivity contribution in [1.29, 1.82) is 0 Å². The fourth-order valence-corrected chi connectivity index (χ4v) is 5.55. The van der Waals surface area contributed by atoms with Crippen LogP contribution in [0.1, 0.15) is 64.2 Å². The molecule has 0 bridgehead atoms. The third kappa shape index (κ3) is 6.28. The molecule has 0 saturated carbocycles. The summed E-state index contributed by atoms with van der Waals surface area (Å²) >= 11 is 0. The highest BCUT2D eigenvalue weighted by Gasteiger charge is 2.32. The van der Waals surface area contributed by atoms with Crippen LogP contribution in [0.15, 0.2) is 78.2 Å². The van der Waals surface area contributed by atoms with Gasteiger partial charge in [0.2, 0.25) is 0 Å². The first-order chi connectivity index (χ1) is 19.5. The lowest BCUT2D eigenvalue weighted by Crippen LogP contribution is -2.40. The molecule has 1 saturated heterocycles. The van der Waals surface area contributed by atoms with Gasteiger partial charge in [-0.25, -0.2) is 4.79 Å². The molecule has 8 nitrogen and oxygen atoms in total. The van der Waals surface area contributed by atoms with E-state index in [0.717, 1.165) is 40.8 Å². The maximum Gasteiger partial charge on any atom is 0.410 e. The smallest absolute Gasteiger partial charge is 0.410 e. The van der Waals surface area contributed by atoms with E-state index in [1.807, 2.05) is 48.5 Å². The zero-order valence-electron chi connectivity index (χ0n) is 22.6. The first-order valence-electron chi connectivity index (χ1n) is 13.7. The molecule has 1 aromatic heterocycles. The van der Waals surface area contributed by atoms with Gasteiger partial charge >= 0.3 is 6.09 Å². The Morgan fingerprint density at radius 1 is 1.00 bits per heavy atom. The number of benzene rings is 2. The molecule has 0 N–H and O–H groups in total. The summed E-state index contributed by atoms with van der Waals surface area (Å²) in [5.41, 5.74) is 5.24. The molecule has 2 aliphatic rings. The molecule has 3 aromatic rings. The van der Waals surface area contributed by atoms with E-state index in [-0.39, 0.29) is 36.6 Å². The second-order valence-electron chi connectivity index (χ2n) is 10.3. The third-order valence-electron chi connectivity index (χ3n) is 7.78.